The Balaban J connectivity index is 2.53. The zero-order valence-electron chi connectivity index (χ0n) is 9.93. The van der Waals surface area contributed by atoms with Crippen molar-refractivity contribution in [1.29, 1.82) is 5.26 Å². The lowest BCUT2D eigenvalue weighted by atomic mass is 9.98. The Bertz CT molecular complexity index is 657. The molecule has 1 N–H and O–H groups in total. The highest BCUT2D eigenvalue weighted by molar-refractivity contribution is 5.81. The van der Waals surface area contributed by atoms with Crippen LogP contribution in [0.3, 0.4) is 0 Å². The Labute approximate surface area is 109 Å². The first-order valence-electron chi connectivity index (χ1n) is 5.58. The third-order valence-corrected chi connectivity index (χ3v) is 2.86. The number of carbonyl (C=O) groups is 1. The first kappa shape index (κ1) is 12.9. The van der Waals surface area contributed by atoms with Gasteiger partial charge in [-0.2, -0.15) is 5.26 Å². The molecule has 0 aliphatic carbocycles. The molecule has 3 nitrogen and oxygen atoms in total. The molecule has 4 heteroatoms. The molecule has 0 amide bonds. The molecule has 94 valence electrons. The second-order valence-corrected chi connectivity index (χ2v) is 3.99. The number of halogens is 1. The Morgan fingerprint density at radius 3 is 2.42 bits per heavy atom. The number of nitrogens with zero attached hydrogens (tertiary/aromatic N) is 1. The summed E-state index contributed by atoms with van der Waals surface area (Å²) < 4.78 is 13.8. The van der Waals surface area contributed by atoms with Crippen LogP contribution in [0.25, 0.3) is 11.1 Å². The fourth-order valence-electron chi connectivity index (χ4n) is 1.83. The van der Waals surface area contributed by atoms with Gasteiger partial charge in [-0.1, -0.05) is 12.1 Å². The summed E-state index contributed by atoms with van der Waals surface area (Å²) in [5.74, 6) is -0.619. The second kappa shape index (κ2) is 5.42. The zero-order valence-corrected chi connectivity index (χ0v) is 9.93. The van der Waals surface area contributed by atoms with Crippen molar-refractivity contribution in [1.82, 2.24) is 0 Å². The average molecular weight is 255 g/mol. The predicted octanol–water partition coefficient (Wildman–Crippen LogP) is 2.67. The van der Waals surface area contributed by atoms with E-state index in [2.05, 4.69) is 0 Å². The molecular formula is C15H10FNO2. The first-order chi connectivity index (χ1) is 9.19. The minimum Gasteiger partial charge on any atom is -0.392 e. The van der Waals surface area contributed by atoms with Crippen LogP contribution in [0.4, 0.5) is 4.39 Å². The minimum absolute atomic E-state index is 0.00704. The lowest BCUT2D eigenvalue weighted by Crippen LogP contribution is -1.98. The fourth-order valence-corrected chi connectivity index (χ4v) is 1.83. The first-order valence-corrected chi connectivity index (χ1v) is 5.58. The molecule has 0 saturated heterocycles. The van der Waals surface area contributed by atoms with Crippen molar-refractivity contribution in [3.8, 4) is 17.2 Å². The molecule has 0 aliphatic rings. The molecule has 2 aromatic carbocycles. The summed E-state index contributed by atoms with van der Waals surface area (Å²) in [4.78, 5) is 10.9. The van der Waals surface area contributed by atoms with E-state index in [1.807, 2.05) is 6.07 Å². The number of aliphatic hydroxyl groups is 1. The standard InChI is InChI=1S/C15H10FNO2/c16-15-6-12(5-13(8-18)14(15)9-19)11-3-1-10(7-17)2-4-11/h1-6,8,19H,9H2. The van der Waals surface area contributed by atoms with E-state index in [9.17, 15) is 9.18 Å². The number of carbonyl (C=O) groups excluding carboxylic acids is 1. The van der Waals surface area contributed by atoms with Gasteiger partial charge in [-0.05, 0) is 35.4 Å². The van der Waals surface area contributed by atoms with Crippen molar-refractivity contribution in [3.63, 3.8) is 0 Å². The van der Waals surface area contributed by atoms with Gasteiger partial charge in [-0.3, -0.25) is 4.79 Å². The van der Waals surface area contributed by atoms with Gasteiger partial charge in [0, 0.05) is 11.1 Å². The van der Waals surface area contributed by atoms with E-state index in [0.29, 0.717) is 23.0 Å². The quantitative estimate of drug-likeness (QED) is 0.858. The maximum atomic E-state index is 13.8. The zero-order chi connectivity index (χ0) is 13.8. The second-order valence-electron chi connectivity index (χ2n) is 3.99. The number of rotatable bonds is 3. The van der Waals surface area contributed by atoms with Crippen LogP contribution >= 0.6 is 0 Å². The van der Waals surface area contributed by atoms with Crippen LogP contribution < -0.4 is 0 Å². The highest BCUT2D eigenvalue weighted by atomic mass is 19.1. The summed E-state index contributed by atoms with van der Waals surface area (Å²) >= 11 is 0. The Morgan fingerprint density at radius 1 is 1.21 bits per heavy atom. The van der Waals surface area contributed by atoms with Gasteiger partial charge in [-0.25, -0.2) is 4.39 Å². The van der Waals surface area contributed by atoms with E-state index in [-0.39, 0.29) is 11.1 Å². The SMILES string of the molecule is N#Cc1ccc(-c2cc(F)c(CO)c(C=O)c2)cc1. The van der Waals surface area contributed by atoms with E-state index in [1.165, 1.54) is 12.1 Å². The van der Waals surface area contributed by atoms with Crippen LogP contribution in [0.15, 0.2) is 36.4 Å². The smallest absolute Gasteiger partial charge is 0.150 e. The van der Waals surface area contributed by atoms with Crippen LogP contribution in [0.2, 0.25) is 0 Å². The van der Waals surface area contributed by atoms with Crippen LogP contribution in [-0.4, -0.2) is 11.4 Å². The van der Waals surface area contributed by atoms with Gasteiger partial charge in [0.05, 0.1) is 18.2 Å². The highest BCUT2D eigenvalue weighted by Crippen LogP contribution is 2.25. The van der Waals surface area contributed by atoms with E-state index in [4.69, 9.17) is 10.4 Å². The normalized spacial score (nSPS) is 9.95. The Morgan fingerprint density at radius 2 is 1.89 bits per heavy atom. The molecule has 0 atom stereocenters. The number of nitriles is 1. The molecule has 0 saturated carbocycles. The molecule has 2 rings (SSSR count). The fraction of sp³-hybridized carbons (Fsp3) is 0.0667. The van der Waals surface area contributed by atoms with Crippen LogP contribution in [0.5, 0.6) is 0 Å². The van der Waals surface area contributed by atoms with Crippen LogP contribution in [-0.2, 0) is 6.61 Å². The molecule has 0 spiro atoms. The van der Waals surface area contributed by atoms with E-state index >= 15 is 0 Å². The number of hydrogen-bond donors (Lipinski definition) is 1. The van der Waals surface area contributed by atoms with Crippen molar-refractivity contribution in [2.45, 2.75) is 6.61 Å². The molecule has 0 bridgehead atoms. The number of hydrogen-bond acceptors (Lipinski definition) is 3. The minimum atomic E-state index is -0.619. The van der Waals surface area contributed by atoms with Crippen molar-refractivity contribution in [3.05, 3.63) is 58.9 Å². The largest absolute Gasteiger partial charge is 0.392 e. The third-order valence-electron chi connectivity index (χ3n) is 2.86. The molecule has 2 aromatic rings. The molecule has 0 aromatic heterocycles. The summed E-state index contributed by atoms with van der Waals surface area (Å²) in [5.41, 5.74) is 1.85. The van der Waals surface area contributed by atoms with Gasteiger partial charge in [-0.15, -0.1) is 0 Å². The lowest BCUT2D eigenvalue weighted by Gasteiger charge is -2.08. The highest BCUT2D eigenvalue weighted by Gasteiger charge is 2.10. The summed E-state index contributed by atoms with van der Waals surface area (Å²) in [6.45, 7) is -0.520. The number of aliphatic hydroxyl groups excluding tert-OH is 1. The number of aldehydes is 1. The van der Waals surface area contributed by atoms with E-state index in [0.717, 1.165) is 0 Å². The van der Waals surface area contributed by atoms with Gasteiger partial charge in [0.2, 0.25) is 0 Å². The molecule has 0 heterocycles. The Hall–Kier alpha value is -2.51. The van der Waals surface area contributed by atoms with Crippen molar-refractivity contribution in [2.75, 3.05) is 0 Å². The van der Waals surface area contributed by atoms with Gasteiger partial charge in [0.1, 0.15) is 5.82 Å². The van der Waals surface area contributed by atoms with Gasteiger partial charge in [0.25, 0.3) is 0 Å². The van der Waals surface area contributed by atoms with Gasteiger partial charge in [0.15, 0.2) is 6.29 Å². The maximum absolute atomic E-state index is 13.8. The molecule has 0 radical (unpaired) electrons. The van der Waals surface area contributed by atoms with Crippen LogP contribution in [0, 0.1) is 17.1 Å². The summed E-state index contributed by atoms with van der Waals surface area (Å²) in [5, 5.41) is 17.7. The topological polar surface area (TPSA) is 61.1 Å². The van der Waals surface area contributed by atoms with Gasteiger partial charge < -0.3 is 5.11 Å². The van der Waals surface area contributed by atoms with Crippen molar-refractivity contribution in [2.24, 2.45) is 0 Å². The summed E-state index contributed by atoms with van der Waals surface area (Å²) in [7, 11) is 0. The van der Waals surface area contributed by atoms with Gasteiger partial charge >= 0.3 is 0 Å². The average Bonchev–Trinajstić information content (AvgIpc) is 2.46. The van der Waals surface area contributed by atoms with Crippen molar-refractivity contribution < 1.29 is 14.3 Å². The van der Waals surface area contributed by atoms with Crippen molar-refractivity contribution >= 4 is 6.29 Å². The monoisotopic (exact) mass is 255 g/mol. The van der Waals surface area contributed by atoms with E-state index in [1.54, 1.807) is 24.3 Å². The van der Waals surface area contributed by atoms with E-state index < -0.39 is 12.4 Å². The summed E-state index contributed by atoms with van der Waals surface area (Å²) in [6, 6.07) is 11.4. The lowest BCUT2D eigenvalue weighted by molar-refractivity contribution is 0.111. The third kappa shape index (κ3) is 2.51. The molecular weight excluding hydrogens is 245 g/mol. The molecule has 0 aliphatic heterocycles. The maximum Gasteiger partial charge on any atom is 0.150 e. The molecule has 0 unspecified atom stereocenters. The molecule has 0 fully saturated rings. The van der Waals surface area contributed by atoms with Crippen LogP contribution in [0.1, 0.15) is 21.5 Å². The number of benzene rings is 2. The predicted molar refractivity (Wildman–Crippen MR) is 67.9 cm³/mol. The Kier molecular flexibility index (Phi) is 3.69. The molecule has 19 heavy (non-hydrogen) atoms. The summed E-state index contributed by atoms with van der Waals surface area (Å²) in [6.07, 6.45) is 0.516.